The van der Waals surface area contributed by atoms with E-state index in [1.54, 1.807) is 0 Å². The van der Waals surface area contributed by atoms with Gasteiger partial charge in [-0.1, -0.05) is 0 Å². The second-order valence-electron chi connectivity index (χ2n) is 1.99. The molecule has 1 N–H and O–H groups in total. The van der Waals surface area contributed by atoms with E-state index in [2.05, 4.69) is 4.98 Å². The Morgan fingerprint density at radius 1 is 1.50 bits per heavy atom. The van der Waals surface area contributed by atoms with E-state index in [0.29, 0.717) is 0 Å². The molecule has 0 unspecified atom stereocenters. The van der Waals surface area contributed by atoms with E-state index in [1.807, 2.05) is 0 Å². The molecule has 6 heteroatoms. The van der Waals surface area contributed by atoms with Gasteiger partial charge in [-0.05, 0) is 0 Å². The number of nitrogens with zero attached hydrogens (tertiary/aromatic N) is 1. The van der Waals surface area contributed by atoms with Gasteiger partial charge in [0.2, 0.25) is 5.82 Å². The van der Waals surface area contributed by atoms with E-state index in [4.69, 9.17) is 0 Å². The maximum atomic E-state index is 11.9. The molecule has 0 saturated heterocycles. The molecule has 0 aliphatic heterocycles. The molecule has 0 radical (unpaired) electrons. The second kappa shape index (κ2) is 2.03. The van der Waals surface area contributed by atoms with Gasteiger partial charge in [-0.3, -0.25) is 4.98 Å². The van der Waals surface area contributed by atoms with Crippen molar-refractivity contribution in [1.82, 2.24) is 4.98 Å². The summed E-state index contributed by atoms with van der Waals surface area (Å²) in [7, 11) is -4.90. The lowest BCUT2D eigenvalue weighted by atomic mass is 10.1. The van der Waals surface area contributed by atoms with Crippen molar-refractivity contribution in [2.75, 3.05) is 0 Å². The van der Waals surface area contributed by atoms with Gasteiger partial charge in [0.15, 0.2) is 0 Å². The van der Waals surface area contributed by atoms with Crippen molar-refractivity contribution in [3.8, 4) is 0 Å². The van der Waals surface area contributed by atoms with Gasteiger partial charge < -0.3 is 17.4 Å². The van der Waals surface area contributed by atoms with Crippen LogP contribution < -0.4 is 4.48 Å². The van der Waals surface area contributed by atoms with Crippen LogP contribution in [-0.2, 0) is 0 Å². The topological polar surface area (TPSA) is 19.7 Å². The number of imidazole rings is 1. The van der Waals surface area contributed by atoms with Crippen molar-refractivity contribution in [2.45, 2.75) is 6.92 Å². The zero-order valence-corrected chi connectivity index (χ0v) is 5.31. The van der Waals surface area contributed by atoms with Gasteiger partial charge in [0.05, 0.1) is 6.20 Å². The van der Waals surface area contributed by atoms with E-state index >= 15 is 0 Å². The molecule has 0 saturated carbocycles. The SMILES string of the molecule is Cc1[nH]cc[n+]1[B-](F)(F)F. The van der Waals surface area contributed by atoms with E-state index in [0.717, 1.165) is 6.20 Å². The van der Waals surface area contributed by atoms with Crippen molar-refractivity contribution < 1.29 is 17.4 Å². The predicted octanol–water partition coefficient (Wildman–Crippen LogP) is 0.803. The number of aromatic amines is 1. The fraction of sp³-hybridized carbons (Fsp3) is 0.250. The summed E-state index contributed by atoms with van der Waals surface area (Å²) < 4.78 is 35.9. The first-order valence-electron chi connectivity index (χ1n) is 2.77. The van der Waals surface area contributed by atoms with Crippen LogP contribution in [0, 0.1) is 6.92 Å². The van der Waals surface area contributed by atoms with Gasteiger partial charge in [0, 0.05) is 6.92 Å². The normalized spacial score (nSPS) is 12.0. The lowest BCUT2D eigenvalue weighted by Gasteiger charge is -2.09. The lowest BCUT2D eigenvalue weighted by Crippen LogP contribution is -2.56. The molecule has 0 fully saturated rings. The molecule has 56 valence electrons. The third-order valence-electron chi connectivity index (χ3n) is 1.23. The average Bonchev–Trinajstić information content (AvgIpc) is 2.11. The van der Waals surface area contributed by atoms with E-state index in [9.17, 15) is 12.9 Å². The molecule has 1 rings (SSSR count). The average molecular weight is 150 g/mol. The lowest BCUT2D eigenvalue weighted by molar-refractivity contribution is -0.581. The van der Waals surface area contributed by atoms with Crippen molar-refractivity contribution in [1.29, 1.82) is 0 Å². The maximum absolute atomic E-state index is 11.9. The minimum Gasteiger partial charge on any atom is -0.404 e. The van der Waals surface area contributed by atoms with Crippen LogP contribution in [0.4, 0.5) is 12.9 Å². The van der Waals surface area contributed by atoms with Crippen molar-refractivity contribution in [3.05, 3.63) is 18.2 Å². The fourth-order valence-corrected chi connectivity index (χ4v) is 0.742. The Labute approximate surface area is 55.8 Å². The number of nitrogens with one attached hydrogen (secondary N) is 1. The second-order valence-corrected chi connectivity index (χ2v) is 1.99. The number of aromatic nitrogens is 2. The zero-order chi connectivity index (χ0) is 7.78. The predicted molar refractivity (Wildman–Crippen MR) is 30.2 cm³/mol. The molecule has 0 aliphatic carbocycles. The van der Waals surface area contributed by atoms with Crippen LogP contribution in [0.3, 0.4) is 0 Å². The molecular weight excluding hydrogens is 144 g/mol. The van der Waals surface area contributed by atoms with Crippen LogP contribution in [0.2, 0.25) is 0 Å². The summed E-state index contributed by atoms with van der Waals surface area (Å²) in [4.78, 5) is 2.43. The van der Waals surface area contributed by atoms with Crippen LogP contribution in [0.25, 0.3) is 0 Å². The number of rotatable bonds is 1. The first-order valence-corrected chi connectivity index (χ1v) is 2.77. The minimum atomic E-state index is -4.90. The molecular formula is C4H6BF3N2. The highest BCUT2D eigenvalue weighted by atomic mass is 19.4. The summed E-state index contributed by atoms with van der Waals surface area (Å²) >= 11 is 0. The van der Waals surface area contributed by atoms with E-state index in [-0.39, 0.29) is 10.3 Å². The van der Waals surface area contributed by atoms with Crippen LogP contribution in [0.5, 0.6) is 0 Å². The molecule has 10 heavy (non-hydrogen) atoms. The number of hydrogen-bond acceptors (Lipinski definition) is 0. The standard InChI is InChI=1S/C4H6BF3N2/c1-4-9-2-3-10(4)5(6,7)8/h2-3,9H,1H3. The Kier molecular flexibility index (Phi) is 1.46. The summed E-state index contributed by atoms with van der Waals surface area (Å²) in [6.45, 7) is 1.37. The fourth-order valence-electron chi connectivity index (χ4n) is 0.742. The summed E-state index contributed by atoms with van der Waals surface area (Å²) in [6, 6.07) is 0. The summed E-state index contributed by atoms with van der Waals surface area (Å²) in [5.74, 6) is 0.104. The Bertz CT molecular complexity index is 229. The quantitative estimate of drug-likeness (QED) is 0.571. The van der Waals surface area contributed by atoms with Gasteiger partial charge in [-0.2, -0.15) is 0 Å². The first-order chi connectivity index (χ1) is 4.52. The smallest absolute Gasteiger partial charge is 0.404 e. The molecule has 1 aromatic heterocycles. The molecule has 0 aliphatic rings. The van der Waals surface area contributed by atoms with Gasteiger partial charge in [0.25, 0.3) is 0 Å². The molecule has 0 aromatic carbocycles. The highest BCUT2D eigenvalue weighted by Gasteiger charge is 2.35. The molecule has 0 amide bonds. The molecule has 0 atom stereocenters. The molecule has 2 nitrogen and oxygen atoms in total. The number of halogens is 3. The van der Waals surface area contributed by atoms with Crippen LogP contribution >= 0.6 is 0 Å². The van der Waals surface area contributed by atoms with Crippen molar-refractivity contribution in [3.63, 3.8) is 0 Å². The number of hydrogen-bond donors (Lipinski definition) is 1. The van der Waals surface area contributed by atoms with Gasteiger partial charge >= 0.3 is 7.11 Å². The third kappa shape index (κ3) is 1.15. The largest absolute Gasteiger partial charge is 0.709 e. The van der Waals surface area contributed by atoms with Crippen molar-refractivity contribution >= 4 is 7.11 Å². The molecule has 0 bridgehead atoms. The monoisotopic (exact) mass is 150 g/mol. The highest BCUT2D eigenvalue weighted by Crippen LogP contribution is 2.03. The molecule has 0 spiro atoms. The molecule has 1 heterocycles. The summed E-state index contributed by atoms with van der Waals surface area (Å²) in [6.07, 6.45) is 2.22. The third-order valence-corrected chi connectivity index (χ3v) is 1.23. The Morgan fingerprint density at radius 2 is 2.10 bits per heavy atom. The van der Waals surface area contributed by atoms with Gasteiger partial charge in [-0.15, -0.1) is 0 Å². The van der Waals surface area contributed by atoms with Gasteiger partial charge in [0.1, 0.15) is 6.20 Å². The summed E-state index contributed by atoms with van der Waals surface area (Å²) in [5.41, 5.74) is 0. The highest BCUT2D eigenvalue weighted by molar-refractivity contribution is 6.48. The minimum absolute atomic E-state index is 0.104. The number of aryl methyl sites for hydroxylation is 1. The van der Waals surface area contributed by atoms with Gasteiger partial charge in [-0.25, -0.2) is 0 Å². The maximum Gasteiger partial charge on any atom is 0.709 e. The van der Waals surface area contributed by atoms with Crippen LogP contribution in [0.15, 0.2) is 12.4 Å². The van der Waals surface area contributed by atoms with E-state index in [1.165, 1.54) is 13.1 Å². The Hall–Kier alpha value is -0.935. The Morgan fingerprint density at radius 3 is 2.30 bits per heavy atom. The van der Waals surface area contributed by atoms with E-state index < -0.39 is 7.11 Å². The Balaban J connectivity index is 3.05. The zero-order valence-electron chi connectivity index (χ0n) is 5.31. The van der Waals surface area contributed by atoms with Crippen LogP contribution in [-0.4, -0.2) is 12.1 Å². The molecule has 1 aromatic rings. The van der Waals surface area contributed by atoms with Crippen molar-refractivity contribution in [2.24, 2.45) is 0 Å². The van der Waals surface area contributed by atoms with Crippen LogP contribution in [0.1, 0.15) is 5.82 Å². The number of H-pyrrole nitrogens is 1. The first kappa shape index (κ1) is 7.18. The summed E-state index contributed by atoms with van der Waals surface area (Å²) in [5, 5.41) is 0.